The van der Waals surface area contributed by atoms with Gasteiger partial charge in [-0.05, 0) is 68.8 Å². The maximum absolute atomic E-state index is 13.2. The summed E-state index contributed by atoms with van der Waals surface area (Å²) in [6.07, 6.45) is 3.49. The standard InChI is InChI=1S/C41H48Cl3N9O5/c1-57-41-28(23-46-13-5-17-53-19-15-48-37(55)25-53)20-31(42)34(51-41)26-58-35-9-3-7-30(39(35)44)29-6-2-8-32(38(29)43)50-40(56)33-11-10-27(22-49-33)21-45-12-4-16-52-18-14-47-36(54)24-52/h2-3,6-11,20,22,45-46H,4-5,12-19,21,23-26H2,1H3,(H,47,54)(H,48,55)(H,50,56). The van der Waals surface area contributed by atoms with Crippen LogP contribution in [0.25, 0.3) is 11.1 Å². The number of amides is 3. The Morgan fingerprint density at radius 3 is 2.14 bits per heavy atom. The van der Waals surface area contributed by atoms with Crippen molar-refractivity contribution >= 4 is 58.2 Å². The average molecular weight is 853 g/mol. The lowest BCUT2D eigenvalue weighted by atomic mass is 10.0. The molecular formula is C41H48Cl3N9O5. The van der Waals surface area contributed by atoms with Gasteiger partial charge >= 0.3 is 0 Å². The number of aromatic nitrogens is 2. The van der Waals surface area contributed by atoms with E-state index in [1.807, 2.05) is 24.3 Å². The fraction of sp³-hybridized carbons (Fsp3) is 0.390. The topological polar surface area (TPSA) is 162 Å². The molecule has 2 fully saturated rings. The zero-order chi connectivity index (χ0) is 40.9. The van der Waals surface area contributed by atoms with Gasteiger partial charge in [-0.25, -0.2) is 4.98 Å². The molecule has 4 aromatic rings. The Labute approximate surface area is 353 Å². The second kappa shape index (κ2) is 21.5. The average Bonchev–Trinajstić information content (AvgIpc) is 3.22. The maximum Gasteiger partial charge on any atom is 0.274 e. The highest BCUT2D eigenvalue weighted by molar-refractivity contribution is 6.39. The number of anilines is 1. The van der Waals surface area contributed by atoms with Gasteiger partial charge in [0.15, 0.2) is 0 Å². The Balaban J connectivity index is 1.00. The van der Waals surface area contributed by atoms with Crippen LogP contribution in [0.1, 0.15) is 40.2 Å². The van der Waals surface area contributed by atoms with Gasteiger partial charge in [0.2, 0.25) is 17.7 Å². The van der Waals surface area contributed by atoms with E-state index in [1.54, 1.807) is 43.6 Å². The minimum Gasteiger partial charge on any atom is -0.486 e. The first-order valence-electron chi connectivity index (χ1n) is 19.3. The predicted octanol–water partition coefficient (Wildman–Crippen LogP) is 4.77. The molecular weight excluding hydrogens is 805 g/mol. The second-order valence-corrected chi connectivity index (χ2v) is 15.1. The van der Waals surface area contributed by atoms with Crippen molar-refractivity contribution in [2.24, 2.45) is 0 Å². The van der Waals surface area contributed by atoms with Crippen LogP contribution in [0.5, 0.6) is 11.6 Å². The van der Waals surface area contributed by atoms with Crippen LogP contribution in [0.2, 0.25) is 15.1 Å². The maximum atomic E-state index is 13.2. The molecule has 2 aromatic carbocycles. The molecule has 4 heterocycles. The Morgan fingerprint density at radius 1 is 0.845 bits per heavy atom. The van der Waals surface area contributed by atoms with Gasteiger partial charge < -0.3 is 36.1 Å². The normalized spacial score (nSPS) is 14.8. The number of benzene rings is 2. The van der Waals surface area contributed by atoms with Crippen LogP contribution in [0.15, 0.2) is 60.8 Å². The van der Waals surface area contributed by atoms with Crippen molar-refractivity contribution < 1.29 is 23.9 Å². The first-order chi connectivity index (χ1) is 28.2. The largest absolute Gasteiger partial charge is 0.486 e. The molecule has 0 spiro atoms. The van der Waals surface area contributed by atoms with E-state index in [9.17, 15) is 14.4 Å². The molecule has 0 unspecified atom stereocenters. The summed E-state index contributed by atoms with van der Waals surface area (Å²) in [6.45, 7) is 8.40. The first-order valence-corrected chi connectivity index (χ1v) is 20.4. The van der Waals surface area contributed by atoms with Crippen LogP contribution in [0, 0.1) is 0 Å². The Hall–Kier alpha value is -4.54. The predicted molar refractivity (Wildman–Crippen MR) is 226 cm³/mol. The fourth-order valence-electron chi connectivity index (χ4n) is 6.69. The number of nitrogens with one attached hydrogen (secondary N) is 5. The van der Waals surface area contributed by atoms with E-state index >= 15 is 0 Å². The van der Waals surface area contributed by atoms with Crippen molar-refractivity contribution in [1.29, 1.82) is 0 Å². The van der Waals surface area contributed by atoms with E-state index in [2.05, 4.69) is 46.4 Å². The zero-order valence-electron chi connectivity index (χ0n) is 32.3. The number of piperazine rings is 2. The van der Waals surface area contributed by atoms with Crippen LogP contribution < -0.4 is 36.1 Å². The van der Waals surface area contributed by atoms with Crippen molar-refractivity contribution in [2.45, 2.75) is 32.5 Å². The monoisotopic (exact) mass is 851 g/mol. The molecule has 2 aliphatic heterocycles. The minimum absolute atomic E-state index is 0.0289. The number of nitrogens with zero attached hydrogens (tertiary/aromatic N) is 4. The first kappa shape index (κ1) is 43.0. The summed E-state index contributed by atoms with van der Waals surface area (Å²) in [7, 11) is 1.56. The van der Waals surface area contributed by atoms with Gasteiger partial charge in [-0.1, -0.05) is 65.1 Å². The van der Waals surface area contributed by atoms with Gasteiger partial charge in [0, 0.05) is 62.2 Å². The fourth-order valence-corrected chi connectivity index (χ4v) is 7.47. The third-order valence-electron chi connectivity index (χ3n) is 9.74. The molecule has 0 bridgehead atoms. The number of hydrogen-bond acceptors (Lipinski definition) is 11. The highest BCUT2D eigenvalue weighted by Crippen LogP contribution is 2.41. The quantitative estimate of drug-likeness (QED) is 0.0828. The molecule has 0 atom stereocenters. The highest BCUT2D eigenvalue weighted by atomic mass is 35.5. The summed E-state index contributed by atoms with van der Waals surface area (Å²) in [4.78, 5) is 49.6. The molecule has 2 aromatic heterocycles. The molecule has 2 saturated heterocycles. The van der Waals surface area contributed by atoms with Crippen LogP contribution in [-0.4, -0.2) is 110 Å². The number of carbonyl (C=O) groups is 3. The van der Waals surface area contributed by atoms with Gasteiger partial charge in [0.05, 0.1) is 41.0 Å². The lowest BCUT2D eigenvalue weighted by molar-refractivity contribution is -0.124. The summed E-state index contributed by atoms with van der Waals surface area (Å²) in [6, 6.07) is 16.0. The summed E-state index contributed by atoms with van der Waals surface area (Å²) >= 11 is 20.4. The van der Waals surface area contributed by atoms with Gasteiger partial charge in [0.25, 0.3) is 5.91 Å². The van der Waals surface area contributed by atoms with Crippen LogP contribution in [0.4, 0.5) is 5.69 Å². The minimum atomic E-state index is -0.404. The molecule has 58 heavy (non-hydrogen) atoms. The number of carbonyl (C=O) groups excluding carboxylic acids is 3. The van der Waals surface area contributed by atoms with E-state index in [-0.39, 0.29) is 24.1 Å². The summed E-state index contributed by atoms with van der Waals surface area (Å²) in [5, 5.41) is 16.4. The molecule has 14 nitrogen and oxygen atoms in total. The van der Waals surface area contributed by atoms with Crippen molar-refractivity contribution in [3.63, 3.8) is 0 Å². The Kier molecular flexibility index (Phi) is 15.9. The number of halogens is 3. The summed E-state index contributed by atoms with van der Waals surface area (Å²) in [5.41, 5.74) is 4.10. The van der Waals surface area contributed by atoms with Crippen molar-refractivity contribution in [1.82, 2.24) is 41.0 Å². The summed E-state index contributed by atoms with van der Waals surface area (Å²) < 4.78 is 11.7. The van der Waals surface area contributed by atoms with Gasteiger partial charge in [-0.15, -0.1) is 0 Å². The number of hydrogen-bond donors (Lipinski definition) is 5. The lowest BCUT2D eigenvalue weighted by Gasteiger charge is -2.26. The molecule has 0 aliphatic carbocycles. The third kappa shape index (κ3) is 12.0. The van der Waals surface area contributed by atoms with Crippen molar-refractivity contribution in [2.75, 3.05) is 77.9 Å². The molecule has 3 amide bonds. The number of pyridine rings is 2. The van der Waals surface area contributed by atoms with Crippen LogP contribution in [-0.2, 0) is 29.3 Å². The molecule has 0 radical (unpaired) electrons. The Morgan fingerprint density at radius 2 is 1.50 bits per heavy atom. The molecule has 6 rings (SSSR count). The van der Waals surface area contributed by atoms with Crippen molar-refractivity contribution in [3.05, 3.63) is 98.4 Å². The van der Waals surface area contributed by atoms with E-state index in [0.717, 1.165) is 63.2 Å². The van der Waals surface area contributed by atoms with E-state index in [1.165, 1.54) is 0 Å². The number of methoxy groups -OCH3 is 1. The smallest absolute Gasteiger partial charge is 0.274 e. The number of ether oxygens (including phenoxy) is 2. The molecule has 17 heteroatoms. The second-order valence-electron chi connectivity index (χ2n) is 14.0. The highest BCUT2D eigenvalue weighted by Gasteiger charge is 2.19. The van der Waals surface area contributed by atoms with Crippen LogP contribution in [0.3, 0.4) is 0 Å². The van der Waals surface area contributed by atoms with E-state index < -0.39 is 5.91 Å². The van der Waals surface area contributed by atoms with E-state index in [4.69, 9.17) is 44.3 Å². The van der Waals surface area contributed by atoms with Gasteiger partial charge in [-0.3, -0.25) is 29.2 Å². The molecule has 5 N–H and O–H groups in total. The van der Waals surface area contributed by atoms with Gasteiger partial charge in [0.1, 0.15) is 23.7 Å². The molecule has 0 saturated carbocycles. The SMILES string of the molecule is COc1nc(COc2cccc(-c3cccc(NC(=O)c4ccc(CNCCCN5CCNC(=O)C5)cn4)c3Cl)c2Cl)c(Cl)cc1CNCCCN1CCNC(=O)C1. The Bertz CT molecular complexity index is 2060. The number of rotatable bonds is 19. The van der Waals surface area contributed by atoms with Crippen LogP contribution >= 0.6 is 34.8 Å². The van der Waals surface area contributed by atoms with E-state index in [0.29, 0.717) is 88.5 Å². The zero-order valence-corrected chi connectivity index (χ0v) is 34.6. The van der Waals surface area contributed by atoms with Gasteiger partial charge in [-0.2, -0.15) is 0 Å². The molecule has 308 valence electrons. The summed E-state index contributed by atoms with van der Waals surface area (Å²) in [5.74, 6) is 0.569. The van der Waals surface area contributed by atoms with Crippen molar-refractivity contribution in [3.8, 4) is 22.8 Å². The lowest BCUT2D eigenvalue weighted by Crippen LogP contribution is -2.48. The third-order valence-corrected chi connectivity index (χ3v) is 10.9. The molecule has 2 aliphatic rings.